The summed E-state index contributed by atoms with van der Waals surface area (Å²) >= 11 is 0. The number of sulfonamides is 1. The lowest BCUT2D eigenvalue weighted by Gasteiger charge is -2.16. The molecule has 0 N–H and O–H groups in total. The van der Waals surface area contributed by atoms with Crippen molar-refractivity contribution in [3.63, 3.8) is 0 Å². The van der Waals surface area contributed by atoms with Gasteiger partial charge in [-0.3, -0.25) is 4.68 Å². The van der Waals surface area contributed by atoms with Gasteiger partial charge in [0.15, 0.2) is 0 Å². The van der Waals surface area contributed by atoms with E-state index in [0.29, 0.717) is 23.7 Å². The number of hydrogen-bond acceptors (Lipinski definition) is 3. The maximum Gasteiger partial charge on any atom is 0.246 e. The Hall–Kier alpha value is -1.66. The molecule has 6 heteroatoms. The Balaban J connectivity index is 1.84. The van der Waals surface area contributed by atoms with E-state index in [1.54, 1.807) is 29.2 Å². The molecule has 3 rings (SSSR count). The van der Waals surface area contributed by atoms with Crippen molar-refractivity contribution >= 4 is 10.0 Å². The molecule has 21 heavy (non-hydrogen) atoms. The second kappa shape index (κ2) is 5.27. The Morgan fingerprint density at radius 3 is 2.57 bits per heavy atom. The van der Waals surface area contributed by atoms with Gasteiger partial charge in [0.1, 0.15) is 4.90 Å². The number of aromatic nitrogens is 2. The van der Waals surface area contributed by atoms with Gasteiger partial charge in [0.05, 0.1) is 5.69 Å². The molecule has 1 aromatic carbocycles. The summed E-state index contributed by atoms with van der Waals surface area (Å²) in [6, 6.07) is 10.1. The molecule has 112 valence electrons. The van der Waals surface area contributed by atoms with Gasteiger partial charge in [-0.2, -0.15) is 9.40 Å². The van der Waals surface area contributed by atoms with Crippen LogP contribution in [0.4, 0.5) is 0 Å². The summed E-state index contributed by atoms with van der Waals surface area (Å²) in [5, 5.41) is 4.14. The van der Waals surface area contributed by atoms with Gasteiger partial charge >= 0.3 is 0 Å². The van der Waals surface area contributed by atoms with Crippen LogP contribution >= 0.6 is 0 Å². The van der Waals surface area contributed by atoms with Crippen LogP contribution < -0.4 is 0 Å². The van der Waals surface area contributed by atoms with Gasteiger partial charge in [-0.1, -0.05) is 30.3 Å². The molecular formula is C15H19N3O2S. The highest BCUT2D eigenvalue weighted by Crippen LogP contribution is 2.31. The van der Waals surface area contributed by atoms with Crippen LogP contribution in [0.5, 0.6) is 0 Å². The minimum absolute atomic E-state index is 0.276. The van der Waals surface area contributed by atoms with Crippen LogP contribution in [0, 0.1) is 6.92 Å². The molecule has 1 aromatic heterocycles. The number of aryl methyl sites for hydroxylation is 2. The minimum Gasteiger partial charge on any atom is -0.274 e. The van der Waals surface area contributed by atoms with Crippen molar-refractivity contribution in [1.29, 1.82) is 0 Å². The monoisotopic (exact) mass is 305 g/mol. The lowest BCUT2D eigenvalue weighted by molar-refractivity contribution is 0.472. The number of rotatable bonds is 3. The van der Waals surface area contributed by atoms with E-state index in [1.807, 2.05) is 18.2 Å². The van der Waals surface area contributed by atoms with Crippen LogP contribution in [0.1, 0.15) is 23.6 Å². The summed E-state index contributed by atoms with van der Waals surface area (Å²) in [5.74, 6) is 0.276. The molecule has 1 atom stereocenters. The highest BCUT2D eigenvalue weighted by atomic mass is 32.2. The molecular weight excluding hydrogens is 286 g/mol. The topological polar surface area (TPSA) is 55.2 Å². The van der Waals surface area contributed by atoms with Crippen molar-refractivity contribution in [2.24, 2.45) is 7.05 Å². The van der Waals surface area contributed by atoms with E-state index in [1.165, 1.54) is 5.56 Å². The Morgan fingerprint density at radius 1 is 1.24 bits per heavy atom. The predicted octanol–water partition coefficient (Wildman–Crippen LogP) is 1.91. The molecule has 1 aliphatic heterocycles. The van der Waals surface area contributed by atoms with Gasteiger partial charge in [-0.25, -0.2) is 8.42 Å². The van der Waals surface area contributed by atoms with E-state index in [2.05, 4.69) is 17.2 Å². The van der Waals surface area contributed by atoms with Gasteiger partial charge in [-0.05, 0) is 24.8 Å². The highest BCUT2D eigenvalue weighted by molar-refractivity contribution is 7.89. The van der Waals surface area contributed by atoms with E-state index < -0.39 is 10.0 Å². The van der Waals surface area contributed by atoms with E-state index in [9.17, 15) is 8.42 Å². The molecule has 0 spiro atoms. The van der Waals surface area contributed by atoms with Crippen molar-refractivity contribution in [1.82, 2.24) is 14.1 Å². The third kappa shape index (κ3) is 2.61. The van der Waals surface area contributed by atoms with Crippen LogP contribution in [0.15, 0.2) is 41.4 Å². The second-order valence-electron chi connectivity index (χ2n) is 5.51. The fourth-order valence-corrected chi connectivity index (χ4v) is 4.61. The van der Waals surface area contributed by atoms with Crippen LogP contribution in [0.2, 0.25) is 0 Å². The van der Waals surface area contributed by atoms with Crippen LogP contribution in [0.3, 0.4) is 0 Å². The predicted molar refractivity (Wildman–Crippen MR) is 80.5 cm³/mol. The number of benzene rings is 1. The standard InChI is InChI=1S/C15H19N3O2S/c1-12-15(11-17(2)16-12)21(19,20)18-9-8-14(10-18)13-6-4-3-5-7-13/h3-7,11,14H,8-10H2,1-2H3. The Labute approximate surface area is 125 Å². The number of hydrogen-bond donors (Lipinski definition) is 0. The molecule has 1 saturated heterocycles. The highest BCUT2D eigenvalue weighted by Gasteiger charge is 2.34. The van der Waals surface area contributed by atoms with E-state index >= 15 is 0 Å². The lowest BCUT2D eigenvalue weighted by atomic mass is 9.99. The first kappa shape index (κ1) is 14.3. The molecule has 0 aliphatic carbocycles. The normalized spacial score (nSPS) is 20.0. The van der Waals surface area contributed by atoms with Crippen molar-refractivity contribution < 1.29 is 8.42 Å². The van der Waals surface area contributed by atoms with Gasteiger partial charge < -0.3 is 0 Å². The number of nitrogens with zero attached hydrogens (tertiary/aromatic N) is 3. The van der Waals surface area contributed by atoms with Crippen LogP contribution in [-0.4, -0.2) is 35.6 Å². The van der Waals surface area contributed by atoms with Crippen molar-refractivity contribution in [2.75, 3.05) is 13.1 Å². The third-order valence-electron chi connectivity index (χ3n) is 4.01. The maximum atomic E-state index is 12.7. The van der Waals surface area contributed by atoms with Gasteiger partial charge in [0.25, 0.3) is 0 Å². The van der Waals surface area contributed by atoms with Crippen molar-refractivity contribution in [3.05, 3.63) is 47.8 Å². The van der Waals surface area contributed by atoms with Crippen LogP contribution in [0.25, 0.3) is 0 Å². The van der Waals surface area contributed by atoms with E-state index in [-0.39, 0.29) is 5.92 Å². The molecule has 1 aliphatic rings. The second-order valence-corrected chi connectivity index (χ2v) is 7.42. The summed E-state index contributed by atoms with van der Waals surface area (Å²) < 4.78 is 28.6. The average Bonchev–Trinajstić information content (AvgIpc) is 3.07. The van der Waals surface area contributed by atoms with Gasteiger partial charge in [-0.15, -0.1) is 0 Å². The Morgan fingerprint density at radius 2 is 1.95 bits per heavy atom. The Kier molecular flexibility index (Phi) is 3.59. The summed E-state index contributed by atoms with van der Waals surface area (Å²) in [5.41, 5.74) is 1.76. The summed E-state index contributed by atoms with van der Waals surface area (Å²) in [6.45, 7) is 2.84. The molecule has 0 saturated carbocycles. The van der Waals surface area contributed by atoms with Crippen molar-refractivity contribution in [2.45, 2.75) is 24.2 Å². The first-order valence-corrected chi connectivity index (χ1v) is 8.48. The molecule has 0 radical (unpaired) electrons. The molecule has 0 bridgehead atoms. The molecule has 2 heterocycles. The summed E-state index contributed by atoms with van der Waals surface area (Å²) in [4.78, 5) is 0.318. The average molecular weight is 305 g/mol. The zero-order chi connectivity index (χ0) is 15.0. The van der Waals surface area contributed by atoms with Gasteiger partial charge in [0, 0.05) is 26.3 Å². The first-order chi connectivity index (χ1) is 9.98. The minimum atomic E-state index is -3.44. The molecule has 5 nitrogen and oxygen atoms in total. The summed E-state index contributed by atoms with van der Waals surface area (Å²) in [7, 11) is -1.70. The third-order valence-corrected chi connectivity index (χ3v) is 5.98. The quantitative estimate of drug-likeness (QED) is 0.870. The summed E-state index contributed by atoms with van der Waals surface area (Å²) in [6.07, 6.45) is 2.45. The zero-order valence-electron chi connectivity index (χ0n) is 12.2. The molecule has 1 fully saturated rings. The van der Waals surface area contributed by atoms with E-state index in [0.717, 1.165) is 6.42 Å². The molecule has 2 aromatic rings. The van der Waals surface area contributed by atoms with Crippen LogP contribution in [-0.2, 0) is 17.1 Å². The maximum absolute atomic E-state index is 12.7. The fraction of sp³-hybridized carbons (Fsp3) is 0.400. The van der Waals surface area contributed by atoms with E-state index in [4.69, 9.17) is 0 Å². The van der Waals surface area contributed by atoms with Gasteiger partial charge in [0.2, 0.25) is 10.0 Å². The fourth-order valence-electron chi connectivity index (χ4n) is 2.91. The largest absolute Gasteiger partial charge is 0.274 e. The Bertz CT molecular complexity index is 738. The SMILES string of the molecule is Cc1nn(C)cc1S(=O)(=O)N1CCC(c2ccccc2)C1. The first-order valence-electron chi connectivity index (χ1n) is 7.04. The smallest absolute Gasteiger partial charge is 0.246 e. The zero-order valence-corrected chi connectivity index (χ0v) is 13.0. The lowest BCUT2D eigenvalue weighted by Crippen LogP contribution is -2.28. The molecule has 1 unspecified atom stereocenters. The van der Waals surface area contributed by atoms with Crippen molar-refractivity contribution in [3.8, 4) is 0 Å². The molecule has 0 amide bonds.